The van der Waals surface area contributed by atoms with Crippen molar-refractivity contribution in [2.24, 2.45) is 11.8 Å². The van der Waals surface area contributed by atoms with Crippen LogP contribution in [-0.4, -0.2) is 26.2 Å². The number of benzene rings is 1. The lowest BCUT2D eigenvalue weighted by molar-refractivity contribution is 0.0921. The zero-order valence-corrected chi connectivity index (χ0v) is 19.7. The van der Waals surface area contributed by atoms with E-state index in [0.717, 1.165) is 0 Å². The number of ketones is 1. The first-order chi connectivity index (χ1) is 15.0. The van der Waals surface area contributed by atoms with Crippen LogP contribution < -0.4 is 5.63 Å². The second-order valence-electron chi connectivity index (χ2n) is 8.78. The summed E-state index contributed by atoms with van der Waals surface area (Å²) in [5.41, 5.74) is -0.737. The number of carbonyl (C=O) groups excluding carboxylic acids is 1. The number of hydrogen-bond acceptors (Lipinski definition) is 7. The molecular formula is C25H34O7. The quantitative estimate of drug-likeness (QED) is 0.410. The number of aromatic hydroxyl groups is 4. The lowest BCUT2D eigenvalue weighted by Gasteiger charge is -2.20. The normalized spacial score (nSPS) is 12.3. The van der Waals surface area contributed by atoms with Crippen molar-refractivity contribution >= 4 is 5.78 Å². The highest BCUT2D eigenvalue weighted by molar-refractivity contribution is 6.03. The van der Waals surface area contributed by atoms with Crippen molar-refractivity contribution < 1.29 is 29.6 Å². The topological polar surface area (TPSA) is 128 Å². The predicted molar refractivity (Wildman–Crippen MR) is 122 cm³/mol. The standard InChI is InChI=1S/C25H34O7/c1-7-13(5)20(26)19-23(29)15(10-9-12(3)4)22(28)16(24(19)30)11-17-21(27)14(6)18(8-2)32-25(17)31/h12-13,27-30H,7-11H2,1-6H3/t13-/m0/s1. The van der Waals surface area contributed by atoms with Gasteiger partial charge in [0.1, 0.15) is 34.3 Å². The van der Waals surface area contributed by atoms with Crippen molar-refractivity contribution in [3.8, 4) is 23.0 Å². The Bertz CT molecular complexity index is 1060. The average Bonchev–Trinajstić information content (AvgIpc) is 2.74. The summed E-state index contributed by atoms with van der Waals surface area (Å²) in [7, 11) is 0. The number of hydrogen-bond donors (Lipinski definition) is 4. The van der Waals surface area contributed by atoms with Crippen LogP contribution in [0.25, 0.3) is 0 Å². The van der Waals surface area contributed by atoms with E-state index in [1.807, 2.05) is 20.8 Å². The highest BCUT2D eigenvalue weighted by Crippen LogP contribution is 2.45. The molecular weight excluding hydrogens is 412 g/mol. The third-order valence-corrected chi connectivity index (χ3v) is 6.09. The lowest BCUT2D eigenvalue weighted by Crippen LogP contribution is -2.15. The molecule has 2 rings (SSSR count). The van der Waals surface area contributed by atoms with Crippen molar-refractivity contribution in [2.75, 3.05) is 0 Å². The Morgan fingerprint density at radius 3 is 2.03 bits per heavy atom. The molecule has 1 aromatic heterocycles. The minimum Gasteiger partial charge on any atom is -0.507 e. The second-order valence-corrected chi connectivity index (χ2v) is 8.78. The van der Waals surface area contributed by atoms with Crippen LogP contribution in [0.4, 0.5) is 0 Å². The van der Waals surface area contributed by atoms with Crippen molar-refractivity contribution in [1.82, 2.24) is 0 Å². The first kappa shape index (κ1) is 25.3. The summed E-state index contributed by atoms with van der Waals surface area (Å²) in [6.45, 7) is 10.9. The van der Waals surface area contributed by atoms with Crippen LogP contribution in [-0.2, 0) is 19.3 Å². The van der Waals surface area contributed by atoms with Gasteiger partial charge in [0.2, 0.25) is 0 Å². The molecule has 2 aromatic rings. The highest BCUT2D eigenvalue weighted by atomic mass is 16.4. The Kier molecular flexibility index (Phi) is 7.99. The predicted octanol–water partition coefficient (Wildman–Crippen LogP) is 4.74. The van der Waals surface area contributed by atoms with Crippen LogP contribution in [0.3, 0.4) is 0 Å². The van der Waals surface area contributed by atoms with Gasteiger partial charge in [0.15, 0.2) is 5.78 Å². The molecule has 7 nitrogen and oxygen atoms in total. The van der Waals surface area contributed by atoms with E-state index in [0.29, 0.717) is 30.6 Å². The third-order valence-electron chi connectivity index (χ3n) is 6.09. The number of aryl methyl sites for hydroxylation is 1. The summed E-state index contributed by atoms with van der Waals surface area (Å²) in [6.07, 6.45) is 1.46. The van der Waals surface area contributed by atoms with Crippen LogP contribution in [0, 0.1) is 18.8 Å². The Morgan fingerprint density at radius 2 is 1.50 bits per heavy atom. The van der Waals surface area contributed by atoms with Crippen molar-refractivity contribution in [1.29, 1.82) is 0 Å². The van der Waals surface area contributed by atoms with Gasteiger partial charge in [0.05, 0.1) is 5.56 Å². The van der Waals surface area contributed by atoms with Gasteiger partial charge in [0.25, 0.3) is 0 Å². The molecule has 1 atom stereocenters. The van der Waals surface area contributed by atoms with Crippen LogP contribution >= 0.6 is 0 Å². The van der Waals surface area contributed by atoms with Crippen molar-refractivity contribution in [3.05, 3.63) is 44.0 Å². The van der Waals surface area contributed by atoms with E-state index in [-0.39, 0.29) is 46.8 Å². The first-order valence-electron chi connectivity index (χ1n) is 11.1. The molecule has 7 heteroatoms. The zero-order valence-electron chi connectivity index (χ0n) is 19.7. The van der Waals surface area contributed by atoms with Gasteiger partial charge in [-0.25, -0.2) is 4.79 Å². The summed E-state index contributed by atoms with van der Waals surface area (Å²) in [5, 5.41) is 43.3. The smallest absolute Gasteiger partial charge is 0.343 e. The molecule has 32 heavy (non-hydrogen) atoms. The number of carbonyl (C=O) groups is 1. The minimum atomic E-state index is -0.782. The summed E-state index contributed by atoms with van der Waals surface area (Å²) in [6, 6.07) is 0. The molecule has 0 aliphatic rings. The minimum absolute atomic E-state index is 0.0977. The maximum absolute atomic E-state index is 13.0. The van der Waals surface area contributed by atoms with Crippen LogP contribution in [0.1, 0.15) is 85.8 Å². The fourth-order valence-electron chi connectivity index (χ4n) is 3.70. The molecule has 4 N–H and O–H groups in total. The number of phenolic OH excluding ortho intramolecular Hbond substituents is 3. The fourth-order valence-corrected chi connectivity index (χ4v) is 3.70. The molecule has 1 heterocycles. The SMILES string of the molecule is CCc1oc(=O)c(Cc2c(O)c(CCC(C)C)c(O)c(C(=O)[C@@H](C)CC)c2O)c(O)c1C. The summed E-state index contributed by atoms with van der Waals surface area (Å²) in [5.74, 6) is -2.00. The van der Waals surface area contributed by atoms with Gasteiger partial charge in [0, 0.05) is 35.4 Å². The molecule has 1 aromatic carbocycles. The molecule has 0 aliphatic heterocycles. The maximum Gasteiger partial charge on any atom is 0.343 e. The Balaban J connectivity index is 2.77. The molecule has 0 bridgehead atoms. The zero-order chi connectivity index (χ0) is 24.3. The van der Waals surface area contributed by atoms with Gasteiger partial charge < -0.3 is 24.8 Å². The number of Topliss-reactive ketones (excluding diaryl/α,β-unsaturated/α-hetero) is 1. The van der Waals surface area contributed by atoms with E-state index in [9.17, 15) is 30.0 Å². The molecule has 0 aliphatic carbocycles. The second kappa shape index (κ2) is 10.1. The van der Waals surface area contributed by atoms with Gasteiger partial charge in [-0.05, 0) is 32.1 Å². The molecule has 0 radical (unpaired) electrons. The van der Waals surface area contributed by atoms with Gasteiger partial charge in [-0.1, -0.05) is 34.6 Å². The Morgan fingerprint density at radius 1 is 0.906 bits per heavy atom. The fraction of sp³-hybridized carbons (Fsp3) is 0.520. The number of rotatable bonds is 9. The Hall–Kier alpha value is -2.96. The van der Waals surface area contributed by atoms with E-state index in [1.165, 1.54) is 0 Å². The first-order valence-corrected chi connectivity index (χ1v) is 11.1. The molecule has 0 saturated heterocycles. The number of phenols is 3. The molecule has 0 fully saturated rings. The highest BCUT2D eigenvalue weighted by Gasteiger charge is 2.30. The van der Waals surface area contributed by atoms with Crippen LogP contribution in [0.5, 0.6) is 23.0 Å². The average molecular weight is 447 g/mol. The van der Waals surface area contributed by atoms with Gasteiger partial charge in [-0.3, -0.25) is 4.79 Å². The van der Waals surface area contributed by atoms with Crippen LogP contribution in [0.15, 0.2) is 9.21 Å². The monoisotopic (exact) mass is 446 g/mol. The Labute approximate surface area is 188 Å². The van der Waals surface area contributed by atoms with E-state index >= 15 is 0 Å². The summed E-state index contributed by atoms with van der Waals surface area (Å²) >= 11 is 0. The lowest BCUT2D eigenvalue weighted by atomic mass is 9.87. The largest absolute Gasteiger partial charge is 0.507 e. The van der Waals surface area contributed by atoms with E-state index in [2.05, 4.69) is 0 Å². The molecule has 0 amide bonds. The summed E-state index contributed by atoms with van der Waals surface area (Å²) in [4.78, 5) is 25.5. The maximum atomic E-state index is 13.0. The van der Waals surface area contributed by atoms with E-state index < -0.39 is 34.6 Å². The van der Waals surface area contributed by atoms with Crippen molar-refractivity contribution in [3.63, 3.8) is 0 Å². The van der Waals surface area contributed by atoms with E-state index in [4.69, 9.17) is 4.42 Å². The van der Waals surface area contributed by atoms with Crippen molar-refractivity contribution in [2.45, 2.75) is 73.6 Å². The molecule has 176 valence electrons. The summed E-state index contributed by atoms with van der Waals surface area (Å²) < 4.78 is 5.29. The molecule has 0 unspecified atom stereocenters. The molecule has 0 saturated carbocycles. The van der Waals surface area contributed by atoms with E-state index in [1.54, 1.807) is 20.8 Å². The van der Waals surface area contributed by atoms with Gasteiger partial charge in [-0.15, -0.1) is 0 Å². The van der Waals surface area contributed by atoms with Gasteiger partial charge in [-0.2, -0.15) is 0 Å². The van der Waals surface area contributed by atoms with Crippen LogP contribution in [0.2, 0.25) is 0 Å². The third kappa shape index (κ3) is 4.76. The molecule has 0 spiro atoms. The van der Waals surface area contributed by atoms with Gasteiger partial charge >= 0.3 is 5.63 Å².